The molecule has 1 rings (SSSR count). The van der Waals surface area contributed by atoms with Gasteiger partial charge >= 0.3 is 6.18 Å². The van der Waals surface area contributed by atoms with Crippen molar-refractivity contribution in [2.75, 3.05) is 20.1 Å². The lowest BCUT2D eigenvalue weighted by Crippen LogP contribution is -2.39. The Balaban J connectivity index is 2.26. The van der Waals surface area contributed by atoms with E-state index < -0.39 is 12.6 Å². The highest BCUT2D eigenvalue weighted by molar-refractivity contribution is 6.29. The smallest absolute Gasteiger partial charge is 0.356 e. The van der Waals surface area contributed by atoms with Crippen molar-refractivity contribution in [1.82, 2.24) is 15.6 Å². The summed E-state index contributed by atoms with van der Waals surface area (Å²) in [7, 11) is 1.51. The average molecular weight is 309 g/mol. The van der Waals surface area contributed by atoms with Crippen LogP contribution in [0.15, 0.2) is 23.3 Å². The van der Waals surface area contributed by atoms with Crippen molar-refractivity contribution in [3.05, 3.63) is 29.0 Å². The van der Waals surface area contributed by atoms with Crippen molar-refractivity contribution < 1.29 is 13.2 Å². The van der Waals surface area contributed by atoms with Crippen molar-refractivity contribution in [2.45, 2.75) is 19.0 Å². The number of halogens is 4. The molecule has 0 atom stereocenters. The Labute approximate surface area is 120 Å². The van der Waals surface area contributed by atoms with Crippen LogP contribution in [0.3, 0.4) is 0 Å². The average Bonchev–Trinajstić information content (AvgIpc) is 2.38. The summed E-state index contributed by atoms with van der Waals surface area (Å²) in [6.45, 7) is 0.334. The molecule has 0 spiro atoms. The molecule has 20 heavy (non-hydrogen) atoms. The van der Waals surface area contributed by atoms with Crippen LogP contribution in [0.25, 0.3) is 0 Å². The molecular weight excluding hydrogens is 293 g/mol. The second kappa shape index (κ2) is 7.94. The van der Waals surface area contributed by atoms with Gasteiger partial charge in [-0.15, -0.1) is 0 Å². The minimum absolute atomic E-state index is 0.203. The van der Waals surface area contributed by atoms with E-state index in [1.54, 1.807) is 12.3 Å². The molecular formula is C12H16ClF3N4. The van der Waals surface area contributed by atoms with Gasteiger partial charge in [-0.25, -0.2) is 4.98 Å². The number of aromatic nitrogens is 1. The number of nitrogens with zero attached hydrogens (tertiary/aromatic N) is 2. The summed E-state index contributed by atoms with van der Waals surface area (Å²) in [5, 5.41) is 5.96. The number of guanidine groups is 1. The normalized spacial score (nSPS) is 12.3. The second-order valence-corrected chi connectivity index (χ2v) is 4.42. The zero-order valence-corrected chi connectivity index (χ0v) is 11.7. The maximum Gasteiger partial charge on any atom is 0.390 e. The van der Waals surface area contributed by atoms with Gasteiger partial charge in [0.05, 0.1) is 6.42 Å². The van der Waals surface area contributed by atoms with E-state index in [2.05, 4.69) is 20.6 Å². The summed E-state index contributed by atoms with van der Waals surface area (Å²) >= 11 is 5.66. The Morgan fingerprint density at radius 2 is 2.00 bits per heavy atom. The predicted molar refractivity (Wildman–Crippen MR) is 73.0 cm³/mol. The predicted octanol–water partition coefficient (Wildman–Crippen LogP) is 2.39. The van der Waals surface area contributed by atoms with Crippen molar-refractivity contribution >= 4 is 17.6 Å². The zero-order valence-electron chi connectivity index (χ0n) is 11.0. The van der Waals surface area contributed by atoms with Crippen LogP contribution >= 0.6 is 11.6 Å². The van der Waals surface area contributed by atoms with Crippen LogP contribution in [0.5, 0.6) is 0 Å². The molecule has 0 bridgehead atoms. The Kier molecular flexibility index (Phi) is 6.57. The van der Waals surface area contributed by atoms with Crippen LogP contribution < -0.4 is 10.6 Å². The van der Waals surface area contributed by atoms with Gasteiger partial charge in [-0.05, 0) is 18.1 Å². The minimum atomic E-state index is -4.17. The molecule has 0 aliphatic rings. The summed E-state index contributed by atoms with van der Waals surface area (Å²) in [5.41, 5.74) is 0.979. The zero-order chi connectivity index (χ0) is 15.0. The van der Waals surface area contributed by atoms with Gasteiger partial charge in [0.1, 0.15) is 5.15 Å². The molecule has 1 aromatic heterocycles. The SMILES string of the molecule is CN=C(NCCc1ccc(Cl)nc1)NCCC(F)(F)F. The summed E-state index contributed by atoms with van der Waals surface area (Å²) in [4.78, 5) is 7.78. The number of nitrogens with one attached hydrogen (secondary N) is 2. The first-order chi connectivity index (χ1) is 9.40. The highest BCUT2D eigenvalue weighted by Gasteiger charge is 2.26. The molecule has 1 aromatic rings. The van der Waals surface area contributed by atoms with Gasteiger partial charge in [0.25, 0.3) is 0 Å². The molecule has 0 aromatic carbocycles. The number of hydrogen-bond donors (Lipinski definition) is 2. The van der Waals surface area contributed by atoms with Gasteiger partial charge in [0, 0.05) is 26.3 Å². The quantitative estimate of drug-likeness (QED) is 0.499. The van der Waals surface area contributed by atoms with Crippen LogP contribution in [-0.4, -0.2) is 37.3 Å². The Morgan fingerprint density at radius 1 is 1.30 bits per heavy atom. The second-order valence-electron chi connectivity index (χ2n) is 4.03. The molecule has 8 heteroatoms. The van der Waals surface area contributed by atoms with Gasteiger partial charge in [-0.1, -0.05) is 17.7 Å². The highest BCUT2D eigenvalue weighted by atomic mass is 35.5. The molecule has 112 valence electrons. The molecule has 0 aliphatic heterocycles. The summed E-state index contributed by atoms with van der Waals surface area (Å²) < 4.78 is 36.0. The van der Waals surface area contributed by atoms with Crippen molar-refractivity contribution in [1.29, 1.82) is 0 Å². The molecule has 0 radical (unpaired) electrons. The summed E-state index contributed by atoms with van der Waals surface area (Å²) in [5.74, 6) is 0.344. The monoisotopic (exact) mass is 308 g/mol. The molecule has 0 saturated heterocycles. The Bertz CT molecular complexity index is 431. The lowest BCUT2D eigenvalue weighted by Gasteiger charge is -2.12. The maximum atomic E-state index is 12.0. The van der Waals surface area contributed by atoms with E-state index in [-0.39, 0.29) is 6.54 Å². The van der Waals surface area contributed by atoms with E-state index in [0.717, 1.165) is 5.56 Å². The highest BCUT2D eigenvalue weighted by Crippen LogP contribution is 2.17. The number of rotatable bonds is 5. The third kappa shape index (κ3) is 7.18. The van der Waals surface area contributed by atoms with E-state index in [4.69, 9.17) is 11.6 Å². The number of aliphatic imine (C=N–C) groups is 1. The minimum Gasteiger partial charge on any atom is -0.356 e. The molecule has 0 amide bonds. The van der Waals surface area contributed by atoms with Crippen molar-refractivity contribution in [2.24, 2.45) is 4.99 Å². The van der Waals surface area contributed by atoms with Gasteiger partial charge < -0.3 is 10.6 Å². The molecule has 2 N–H and O–H groups in total. The van der Waals surface area contributed by atoms with Crippen molar-refractivity contribution in [3.8, 4) is 0 Å². The van der Waals surface area contributed by atoms with Gasteiger partial charge in [0.15, 0.2) is 5.96 Å². The fourth-order valence-corrected chi connectivity index (χ4v) is 1.53. The number of pyridine rings is 1. The molecule has 0 aliphatic carbocycles. The Hall–Kier alpha value is -1.50. The van der Waals surface area contributed by atoms with E-state index in [0.29, 0.717) is 24.1 Å². The van der Waals surface area contributed by atoms with Gasteiger partial charge in [0.2, 0.25) is 0 Å². The molecule has 0 unspecified atom stereocenters. The lowest BCUT2D eigenvalue weighted by molar-refractivity contribution is -0.132. The standard InChI is InChI=1S/C12H16ClF3N4/c1-17-11(19-7-5-12(14,15)16)18-6-4-9-2-3-10(13)20-8-9/h2-3,8H,4-7H2,1H3,(H2,17,18,19). The molecule has 1 heterocycles. The maximum absolute atomic E-state index is 12.0. The van der Waals surface area contributed by atoms with Crippen LogP contribution in [0, 0.1) is 0 Å². The Morgan fingerprint density at radius 3 is 2.55 bits per heavy atom. The molecule has 0 saturated carbocycles. The largest absolute Gasteiger partial charge is 0.390 e. The first kappa shape index (κ1) is 16.6. The fourth-order valence-electron chi connectivity index (χ4n) is 1.42. The van der Waals surface area contributed by atoms with E-state index in [1.807, 2.05) is 6.07 Å². The summed E-state index contributed by atoms with van der Waals surface area (Å²) in [6.07, 6.45) is -2.73. The van der Waals surface area contributed by atoms with Crippen LogP contribution in [0.1, 0.15) is 12.0 Å². The van der Waals surface area contributed by atoms with Gasteiger partial charge in [-0.2, -0.15) is 13.2 Å². The number of hydrogen-bond acceptors (Lipinski definition) is 2. The first-order valence-corrected chi connectivity index (χ1v) is 6.40. The topological polar surface area (TPSA) is 49.3 Å². The van der Waals surface area contributed by atoms with Crippen molar-refractivity contribution in [3.63, 3.8) is 0 Å². The van der Waals surface area contributed by atoms with E-state index in [1.165, 1.54) is 7.05 Å². The van der Waals surface area contributed by atoms with E-state index in [9.17, 15) is 13.2 Å². The third-order valence-electron chi connectivity index (χ3n) is 2.42. The van der Waals surface area contributed by atoms with Crippen LogP contribution in [-0.2, 0) is 6.42 Å². The third-order valence-corrected chi connectivity index (χ3v) is 2.64. The first-order valence-electron chi connectivity index (χ1n) is 6.02. The molecule has 4 nitrogen and oxygen atoms in total. The molecule has 0 fully saturated rings. The lowest BCUT2D eigenvalue weighted by atomic mass is 10.2. The number of alkyl halides is 3. The van der Waals surface area contributed by atoms with Gasteiger partial charge in [-0.3, -0.25) is 4.99 Å². The fraction of sp³-hybridized carbons (Fsp3) is 0.500. The van der Waals surface area contributed by atoms with Crippen LogP contribution in [0.2, 0.25) is 5.15 Å². The van der Waals surface area contributed by atoms with Crippen LogP contribution in [0.4, 0.5) is 13.2 Å². The van der Waals surface area contributed by atoms with E-state index >= 15 is 0 Å². The summed E-state index contributed by atoms with van der Waals surface area (Å²) in [6, 6.07) is 3.53.